The van der Waals surface area contributed by atoms with Gasteiger partial charge in [0.05, 0.1) is 23.7 Å². The van der Waals surface area contributed by atoms with Crippen molar-refractivity contribution in [1.82, 2.24) is 4.31 Å². The zero-order valence-corrected chi connectivity index (χ0v) is 19.7. The van der Waals surface area contributed by atoms with E-state index in [0.717, 1.165) is 6.08 Å². The molecule has 0 spiro atoms. The Morgan fingerprint density at radius 1 is 1.09 bits per heavy atom. The predicted octanol–water partition coefficient (Wildman–Crippen LogP) is 3.81. The summed E-state index contributed by atoms with van der Waals surface area (Å²) in [6.45, 7) is 4.46. The second kappa shape index (κ2) is 10.7. The molecule has 1 fully saturated rings. The number of hydrogen-bond donors (Lipinski definition) is 1. The van der Waals surface area contributed by atoms with Crippen LogP contribution in [0.2, 0.25) is 0 Å². The van der Waals surface area contributed by atoms with E-state index in [-0.39, 0.29) is 17.1 Å². The number of hydrogen-bond acceptors (Lipinski definition) is 6. The van der Waals surface area contributed by atoms with Crippen LogP contribution in [0.1, 0.15) is 32.3 Å². The van der Waals surface area contributed by atoms with Gasteiger partial charge in [-0.05, 0) is 69.2 Å². The Bertz CT molecular complexity index is 1090. The van der Waals surface area contributed by atoms with Gasteiger partial charge in [-0.1, -0.05) is 6.07 Å². The Labute approximate surface area is 194 Å². The molecule has 1 N–H and O–H groups in total. The van der Waals surface area contributed by atoms with Crippen molar-refractivity contribution in [3.63, 3.8) is 0 Å². The van der Waals surface area contributed by atoms with Crippen molar-refractivity contribution in [3.05, 3.63) is 54.1 Å². The first-order valence-electron chi connectivity index (χ1n) is 10.7. The lowest BCUT2D eigenvalue weighted by atomic mass is 10.1. The van der Waals surface area contributed by atoms with Crippen LogP contribution < -0.4 is 14.2 Å². The van der Waals surface area contributed by atoms with E-state index in [2.05, 4.69) is 0 Å². The van der Waals surface area contributed by atoms with E-state index >= 15 is 0 Å². The quantitative estimate of drug-likeness (QED) is 0.550. The van der Waals surface area contributed by atoms with Crippen molar-refractivity contribution in [2.24, 2.45) is 0 Å². The van der Waals surface area contributed by atoms with Crippen LogP contribution in [0.4, 0.5) is 0 Å². The van der Waals surface area contributed by atoms with Crippen LogP contribution in [-0.4, -0.2) is 56.2 Å². The molecule has 3 rings (SSSR count). The van der Waals surface area contributed by atoms with Gasteiger partial charge >= 0.3 is 5.97 Å². The summed E-state index contributed by atoms with van der Waals surface area (Å²) < 4.78 is 44.6. The summed E-state index contributed by atoms with van der Waals surface area (Å²) in [4.78, 5) is 11.2. The van der Waals surface area contributed by atoms with Gasteiger partial charge in [0.1, 0.15) is 23.4 Å². The number of nitrogens with zero attached hydrogens (tertiary/aromatic N) is 1. The van der Waals surface area contributed by atoms with Gasteiger partial charge in [-0.15, -0.1) is 0 Å². The van der Waals surface area contributed by atoms with E-state index in [1.165, 1.54) is 17.5 Å². The molecule has 0 amide bonds. The lowest BCUT2D eigenvalue weighted by Crippen LogP contribution is -2.41. The van der Waals surface area contributed by atoms with Crippen LogP contribution in [0.15, 0.2) is 53.4 Å². The molecule has 0 aliphatic carbocycles. The van der Waals surface area contributed by atoms with E-state index in [4.69, 9.17) is 19.3 Å². The largest absolute Gasteiger partial charge is 0.496 e. The van der Waals surface area contributed by atoms with Crippen LogP contribution >= 0.6 is 0 Å². The molecule has 2 aromatic rings. The molecular weight excluding hydrogens is 446 g/mol. The molecule has 1 aliphatic heterocycles. The highest BCUT2D eigenvalue weighted by atomic mass is 32.2. The number of carbonyl (C=O) groups is 1. The molecule has 33 heavy (non-hydrogen) atoms. The van der Waals surface area contributed by atoms with Crippen LogP contribution in [0.5, 0.6) is 17.2 Å². The fourth-order valence-corrected chi connectivity index (χ4v) is 5.07. The Balaban J connectivity index is 1.67. The highest BCUT2D eigenvalue weighted by Gasteiger charge is 2.30. The number of aliphatic carboxylic acids is 1. The number of carboxylic acid groups (broad SMARTS) is 1. The van der Waals surface area contributed by atoms with Crippen LogP contribution in [-0.2, 0) is 14.8 Å². The van der Waals surface area contributed by atoms with Crippen molar-refractivity contribution in [2.45, 2.75) is 43.8 Å². The van der Waals surface area contributed by atoms with E-state index in [1.54, 1.807) is 42.5 Å². The smallest absolute Gasteiger partial charge is 0.328 e. The van der Waals surface area contributed by atoms with Crippen molar-refractivity contribution in [1.29, 1.82) is 0 Å². The summed E-state index contributed by atoms with van der Waals surface area (Å²) in [5.41, 5.74) is 0.529. The second-order valence-electron chi connectivity index (χ2n) is 7.90. The molecule has 9 heteroatoms. The number of sulfonamides is 1. The first kappa shape index (κ1) is 24.6. The summed E-state index contributed by atoms with van der Waals surface area (Å²) in [5.74, 6) is 0.542. The molecule has 0 radical (unpaired) electrons. The molecule has 1 heterocycles. The van der Waals surface area contributed by atoms with Gasteiger partial charge in [0.25, 0.3) is 0 Å². The topological polar surface area (TPSA) is 102 Å². The molecule has 1 aliphatic rings. The molecule has 0 unspecified atom stereocenters. The average molecular weight is 476 g/mol. The number of benzene rings is 2. The summed E-state index contributed by atoms with van der Waals surface area (Å²) in [5, 5.41) is 8.97. The maximum Gasteiger partial charge on any atom is 0.328 e. The maximum absolute atomic E-state index is 13.0. The van der Waals surface area contributed by atoms with Gasteiger partial charge in [0, 0.05) is 19.2 Å². The first-order valence-corrected chi connectivity index (χ1v) is 12.2. The summed E-state index contributed by atoms with van der Waals surface area (Å²) in [7, 11) is -2.11. The number of ether oxygens (including phenoxy) is 3. The van der Waals surface area contributed by atoms with Crippen molar-refractivity contribution in [3.8, 4) is 17.2 Å². The monoisotopic (exact) mass is 475 g/mol. The second-order valence-corrected chi connectivity index (χ2v) is 9.84. The molecule has 2 aromatic carbocycles. The minimum atomic E-state index is -3.61. The molecule has 0 aromatic heterocycles. The van der Waals surface area contributed by atoms with E-state index in [0.29, 0.717) is 48.7 Å². The number of carboxylic acids is 1. The molecule has 1 saturated heterocycles. The predicted molar refractivity (Wildman–Crippen MR) is 124 cm³/mol. The fraction of sp³-hybridized carbons (Fsp3) is 0.375. The van der Waals surface area contributed by atoms with Crippen LogP contribution in [0.25, 0.3) is 6.08 Å². The summed E-state index contributed by atoms with van der Waals surface area (Å²) >= 11 is 0. The summed E-state index contributed by atoms with van der Waals surface area (Å²) in [6.07, 6.45) is 3.28. The Morgan fingerprint density at radius 3 is 2.30 bits per heavy atom. The maximum atomic E-state index is 13.0. The zero-order valence-electron chi connectivity index (χ0n) is 18.9. The highest BCUT2D eigenvalue weighted by Crippen LogP contribution is 2.32. The van der Waals surface area contributed by atoms with E-state index in [9.17, 15) is 13.2 Å². The number of rotatable bonds is 9. The minimum absolute atomic E-state index is 0.0104. The molecule has 0 bridgehead atoms. The van der Waals surface area contributed by atoms with Gasteiger partial charge < -0.3 is 19.3 Å². The molecule has 178 valence electrons. The Kier molecular flexibility index (Phi) is 7.99. The van der Waals surface area contributed by atoms with Gasteiger partial charge in [0.15, 0.2) is 0 Å². The van der Waals surface area contributed by atoms with Crippen molar-refractivity contribution >= 4 is 22.1 Å². The summed E-state index contributed by atoms with van der Waals surface area (Å²) in [6, 6.07) is 11.7. The molecule has 8 nitrogen and oxygen atoms in total. The third-order valence-corrected chi connectivity index (χ3v) is 7.08. The Hall–Kier alpha value is -3.04. The molecular formula is C24H29NO7S. The highest BCUT2D eigenvalue weighted by molar-refractivity contribution is 7.89. The minimum Gasteiger partial charge on any atom is -0.496 e. The Morgan fingerprint density at radius 2 is 1.73 bits per heavy atom. The lowest BCUT2D eigenvalue weighted by molar-refractivity contribution is -0.131. The van der Waals surface area contributed by atoms with Gasteiger partial charge in [-0.2, -0.15) is 4.31 Å². The lowest BCUT2D eigenvalue weighted by Gasteiger charge is -2.32. The standard InChI is InChI=1S/C24H29NO7S/c1-17(2)31-18-7-9-20(10-8-18)33(28,29)25-15-13-19(14-16-25)32-23-6-4-5-22(30-3)21(23)11-12-24(26)27/h4-12,17,19H,13-16H2,1-3H3,(H,26,27)/b12-11+. The van der Waals surface area contributed by atoms with E-state index in [1.807, 2.05) is 13.8 Å². The van der Waals surface area contributed by atoms with E-state index < -0.39 is 16.0 Å². The van der Waals surface area contributed by atoms with Gasteiger partial charge in [-0.25, -0.2) is 13.2 Å². The fourth-order valence-electron chi connectivity index (χ4n) is 3.60. The first-order chi connectivity index (χ1) is 15.7. The van der Waals surface area contributed by atoms with Crippen LogP contribution in [0, 0.1) is 0 Å². The molecule has 0 saturated carbocycles. The van der Waals surface area contributed by atoms with Gasteiger partial charge in [0.2, 0.25) is 10.0 Å². The SMILES string of the molecule is COc1cccc(OC2CCN(S(=O)(=O)c3ccc(OC(C)C)cc3)CC2)c1/C=C/C(=O)O. The van der Waals surface area contributed by atoms with Crippen molar-refractivity contribution < 1.29 is 32.5 Å². The van der Waals surface area contributed by atoms with Crippen molar-refractivity contribution in [2.75, 3.05) is 20.2 Å². The number of piperidine rings is 1. The third kappa shape index (κ3) is 6.27. The zero-order chi connectivity index (χ0) is 24.0. The number of methoxy groups -OCH3 is 1. The third-order valence-electron chi connectivity index (χ3n) is 5.17. The molecule has 0 atom stereocenters. The van der Waals surface area contributed by atoms with Gasteiger partial charge in [-0.3, -0.25) is 0 Å². The normalized spacial score (nSPS) is 15.6. The van der Waals surface area contributed by atoms with Crippen LogP contribution in [0.3, 0.4) is 0 Å². The average Bonchev–Trinajstić information content (AvgIpc) is 2.78.